The first-order chi connectivity index (χ1) is 13.0. The van der Waals surface area contributed by atoms with Crippen molar-refractivity contribution in [1.29, 1.82) is 0 Å². The van der Waals surface area contributed by atoms with E-state index in [0.717, 1.165) is 50.2 Å². The van der Waals surface area contributed by atoms with E-state index >= 15 is 0 Å². The Balaban J connectivity index is 1.53. The number of nitrogens with zero attached hydrogens (tertiary/aromatic N) is 5. The van der Waals surface area contributed by atoms with E-state index in [1.54, 1.807) is 19.0 Å². The Hall–Kier alpha value is -1.49. The molecule has 10 heteroatoms. The van der Waals surface area contributed by atoms with Crippen molar-refractivity contribution in [3.05, 3.63) is 21.6 Å². The summed E-state index contributed by atoms with van der Waals surface area (Å²) in [5.41, 5.74) is 1.53. The second kappa shape index (κ2) is 7.86. The molecule has 0 aromatic carbocycles. The summed E-state index contributed by atoms with van der Waals surface area (Å²) in [6.07, 6.45) is 3.27. The number of hydrogen-bond donors (Lipinski definition) is 0. The lowest BCUT2D eigenvalue weighted by Crippen LogP contribution is -2.40. The van der Waals surface area contributed by atoms with Gasteiger partial charge in [-0.15, -0.1) is 5.10 Å². The number of fused-ring (bicyclic) bond motifs is 2. The molecule has 2 aliphatic rings. The third-order valence-electron chi connectivity index (χ3n) is 4.92. The summed E-state index contributed by atoms with van der Waals surface area (Å²) in [5.74, 6) is 0.319. The molecule has 0 aliphatic carbocycles. The maximum Gasteiger partial charge on any atom is 0.279 e. The zero-order chi connectivity index (χ0) is 19.0. The van der Waals surface area contributed by atoms with Crippen LogP contribution < -0.4 is 5.56 Å². The largest absolute Gasteiger partial charge is 0.377 e. The molecule has 1 amide bonds. The molecule has 2 aromatic rings. The highest BCUT2D eigenvalue weighted by atomic mass is 32.2. The van der Waals surface area contributed by atoms with Crippen LogP contribution in [0.25, 0.3) is 4.96 Å². The monoisotopic (exact) mass is 409 g/mol. The molecule has 2 aromatic heterocycles. The minimum atomic E-state index is -0.0888. The normalized spacial score (nSPS) is 20.1. The Morgan fingerprint density at radius 2 is 2.30 bits per heavy atom. The number of ether oxygens (including phenoxy) is 1. The van der Waals surface area contributed by atoms with Crippen LogP contribution in [0.4, 0.5) is 0 Å². The van der Waals surface area contributed by atoms with Crippen molar-refractivity contribution in [3.63, 3.8) is 0 Å². The summed E-state index contributed by atoms with van der Waals surface area (Å²) >= 11 is 2.71. The van der Waals surface area contributed by atoms with Crippen LogP contribution in [-0.2, 0) is 22.5 Å². The maximum atomic E-state index is 12.9. The van der Waals surface area contributed by atoms with Crippen LogP contribution in [0.15, 0.2) is 9.13 Å². The van der Waals surface area contributed by atoms with Crippen LogP contribution in [0.5, 0.6) is 0 Å². The van der Waals surface area contributed by atoms with Crippen molar-refractivity contribution in [2.75, 3.05) is 39.5 Å². The number of hydrogen-bond acceptors (Lipinski definition) is 8. The summed E-state index contributed by atoms with van der Waals surface area (Å²) < 4.78 is 7.80. The van der Waals surface area contributed by atoms with Gasteiger partial charge in [0.15, 0.2) is 4.34 Å². The van der Waals surface area contributed by atoms with Gasteiger partial charge in [-0.1, -0.05) is 23.1 Å². The van der Waals surface area contributed by atoms with Gasteiger partial charge in [-0.3, -0.25) is 14.5 Å². The number of aromatic nitrogens is 3. The summed E-state index contributed by atoms with van der Waals surface area (Å²) in [7, 11) is 3.45. The standard InChI is InChI=1S/C17H23N5O3S2/c1-20(2)14(23)10-26-17-19-22-15(24)12-9-21(8-11-4-3-7-25-11)6-5-13(12)18-16(22)27-17/h11H,3-10H2,1-2H3. The first kappa shape index (κ1) is 18.9. The summed E-state index contributed by atoms with van der Waals surface area (Å²) in [6, 6.07) is 0. The Labute approximate surface area is 165 Å². The fourth-order valence-corrected chi connectivity index (χ4v) is 5.30. The number of carbonyl (C=O) groups excluding carboxylic acids is 1. The molecule has 1 fully saturated rings. The number of carbonyl (C=O) groups is 1. The molecular weight excluding hydrogens is 386 g/mol. The van der Waals surface area contributed by atoms with Crippen LogP contribution in [-0.4, -0.2) is 76.0 Å². The van der Waals surface area contributed by atoms with Crippen molar-refractivity contribution >= 4 is 34.0 Å². The third kappa shape index (κ3) is 4.03. The molecule has 146 valence electrons. The smallest absolute Gasteiger partial charge is 0.279 e. The number of rotatable bonds is 5. The fraction of sp³-hybridized carbons (Fsp3) is 0.647. The van der Waals surface area contributed by atoms with Gasteiger partial charge in [0.1, 0.15) is 0 Å². The van der Waals surface area contributed by atoms with Gasteiger partial charge in [0.2, 0.25) is 10.9 Å². The van der Waals surface area contributed by atoms with Gasteiger partial charge in [0.25, 0.3) is 5.56 Å². The third-order valence-corrected chi connectivity index (χ3v) is 6.95. The predicted molar refractivity (Wildman–Crippen MR) is 105 cm³/mol. The SMILES string of the molecule is CN(C)C(=O)CSc1nn2c(=O)c3c(nc2s1)CCN(CC1CCCO1)C3. The molecule has 4 heterocycles. The van der Waals surface area contributed by atoms with Crippen molar-refractivity contribution in [2.24, 2.45) is 0 Å². The van der Waals surface area contributed by atoms with E-state index < -0.39 is 0 Å². The summed E-state index contributed by atoms with van der Waals surface area (Å²) in [6.45, 7) is 3.21. The van der Waals surface area contributed by atoms with E-state index in [1.807, 2.05) is 0 Å². The van der Waals surface area contributed by atoms with Crippen molar-refractivity contribution < 1.29 is 9.53 Å². The molecular formula is C17H23N5O3S2. The van der Waals surface area contributed by atoms with Crippen LogP contribution in [0, 0.1) is 0 Å². The Morgan fingerprint density at radius 3 is 3.04 bits per heavy atom. The fourth-order valence-electron chi connectivity index (χ4n) is 3.38. The highest BCUT2D eigenvalue weighted by Gasteiger charge is 2.26. The molecule has 2 aliphatic heterocycles. The first-order valence-electron chi connectivity index (χ1n) is 9.10. The van der Waals surface area contributed by atoms with Gasteiger partial charge >= 0.3 is 0 Å². The van der Waals surface area contributed by atoms with E-state index in [9.17, 15) is 9.59 Å². The van der Waals surface area contributed by atoms with Gasteiger partial charge in [-0.05, 0) is 12.8 Å². The van der Waals surface area contributed by atoms with Crippen LogP contribution in [0.3, 0.4) is 0 Å². The molecule has 0 N–H and O–H groups in total. The summed E-state index contributed by atoms with van der Waals surface area (Å²) in [5, 5.41) is 4.39. The lowest BCUT2D eigenvalue weighted by molar-refractivity contribution is -0.125. The van der Waals surface area contributed by atoms with E-state index in [1.165, 1.54) is 27.6 Å². The lowest BCUT2D eigenvalue weighted by Gasteiger charge is -2.29. The molecule has 8 nitrogen and oxygen atoms in total. The molecule has 4 rings (SSSR count). The quantitative estimate of drug-likeness (QED) is 0.678. The van der Waals surface area contributed by atoms with Crippen LogP contribution >= 0.6 is 23.1 Å². The second-order valence-electron chi connectivity index (χ2n) is 7.10. The average molecular weight is 410 g/mol. The van der Waals surface area contributed by atoms with Gasteiger partial charge < -0.3 is 9.64 Å². The zero-order valence-corrected chi connectivity index (χ0v) is 17.1. The minimum absolute atomic E-state index is 0.0173. The highest BCUT2D eigenvalue weighted by molar-refractivity contribution is 8.01. The molecule has 0 radical (unpaired) electrons. The van der Waals surface area contributed by atoms with E-state index in [-0.39, 0.29) is 17.6 Å². The molecule has 1 atom stereocenters. The molecule has 0 bridgehead atoms. The Morgan fingerprint density at radius 1 is 1.44 bits per heavy atom. The second-order valence-corrected chi connectivity index (χ2v) is 9.28. The molecule has 0 saturated carbocycles. The summed E-state index contributed by atoms with van der Waals surface area (Å²) in [4.78, 5) is 33.8. The molecule has 27 heavy (non-hydrogen) atoms. The Bertz CT molecular complexity index is 904. The highest BCUT2D eigenvalue weighted by Crippen LogP contribution is 2.25. The number of thioether (sulfide) groups is 1. The first-order valence-corrected chi connectivity index (χ1v) is 10.9. The predicted octanol–water partition coefficient (Wildman–Crippen LogP) is 0.868. The topological polar surface area (TPSA) is 80.0 Å². The zero-order valence-electron chi connectivity index (χ0n) is 15.5. The van der Waals surface area contributed by atoms with Crippen molar-refractivity contribution in [3.8, 4) is 0 Å². The molecule has 1 unspecified atom stereocenters. The van der Waals surface area contributed by atoms with Crippen LogP contribution in [0.2, 0.25) is 0 Å². The van der Waals surface area contributed by atoms with Gasteiger partial charge in [-0.2, -0.15) is 4.52 Å². The van der Waals surface area contributed by atoms with Gasteiger partial charge in [0.05, 0.1) is 23.1 Å². The Kier molecular flexibility index (Phi) is 5.49. The number of amides is 1. The van der Waals surface area contributed by atoms with E-state index in [0.29, 0.717) is 21.6 Å². The van der Waals surface area contributed by atoms with Gasteiger partial charge in [0, 0.05) is 46.8 Å². The molecule has 0 spiro atoms. The van der Waals surface area contributed by atoms with E-state index in [4.69, 9.17) is 4.74 Å². The molecule has 1 saturated heterocycles. The van der Waals surface area contributed by atoms with Gasteiger partial charge in [-0.25, -0.2) is 4.98 Å². The lowest BCUT2D eigenvalue weighted by atomic mass is 10.1. The minimum Gasteiger partial charge on any atom is -0.377 e. The van der Waals surface area contributed by atoms with Crippen molar-refractivity contribution in [2.45, 2.75) is 36.3 Å². The van der Waals surface area contributed by atoms with Crippen molar-refractivity contribution in [1.82, 2.24) is 24.4 Å². The van der Waals surface area contributed by atoms with E-state index in [2.05, 4.69) is 15.0 Å². The average Bonchev–Trinajstić information content (AvgIpc) is 3.30. The van der Waals surface area contributed by atoms with Crippen LogP contribution in [0.1, 0.15) is 24.1 Å². The maximum absolute atomic E-state index is 12.9.